The molecule has 3 aliphatic rings. The second kappa shape index (κ2) is 13.4. The van der Waals surface area contributed by atoms with E-state index in [1.54, 1.807) is 11.9 Å². The van der Waals surface area contributed by atoms with E-state index in [9.17, 15) is 28.0 Å². The number of hydrogen-bond donors (Lipinski definition) is 2. The molecule has 14 heteroatoms. The molecule has 234 valence electrons. The summed E-state index contributed by atoms with van der Waals surface area (Å²) >= 11 is 0. The van der Waals surface area contributed by atoms with Crippen molar-refractivity contribution in [3.8, 4) is 5.75 Å². The van der Waals surface area contributed by atoms with Gasteiger partial charge in [0.25, 0.3) is 11.8 Å². The fourth-order valence-electron chi connectivity index (χ4n) is 5.99. The lowest BCUT2D eigenvalue weighted by Crippen LogP contribution is -2.51. The molecule has 0 bridgehead atoms. The summed E-state index contributed by atoms with van der Waals surface area (Å²) in [7, 11) is 1.63. The summed E-state index contributed by atoms with van der Waals surface area (Å²) in [6.45, 7) is 4.65. The van der Waals surface area contributed by atoms with Crippen molar-refractivity contribution in [3.05, 3.63) is 63.1 Å². The first-order chi connectivity index (χ1) is 20.1. The summed E-state index contributed by atoms with van der Waals surface area (Å²) in [5.41, 5.74) is -1.19. The van der Waals surface area contributed by atoms with E-state index < -0.39 is 53.4 Å². The summed E-state index contributed by atoms with van der Waals surface area (Å²) in [5, 5.41) is 5.38. The molecular weight excluding hydrogens is 588 g/mol. The van der Waals surface area contributed by atoms with Crippen molar-refractivity contribution in [2.45, 2.75) is 64.4 Å². The molecule has 4 heterocycles. The maximum Gasteiger partial charge on any atom is 0.326 e. The van der Waals surface area contributed by atoms with Crippen LogP contribution in [0.2, 0.25) is 0 Å². The quantitative estimate of drug-likeness (QED) is 0.305. The molecule has 43 heavy (non-hydrogen) atoms. The molecule has 1 aromatic carbocycles. The second-order valence-electron chi connectivity index (χ2n) is 11.3. The zero-order chi connectivity index (χ0) is 30.1. The van der Waals surface area contributed by atoms with Crippen molar-refractivity contribution in [2.24, 2.45) is 5.92 Å². The van der Waals surface area contributed by atoms with Crippen molar-refractivity contribution in [1.29, 1.82) is 0 Å². The van der Waals surface area contributed by atoms with Gasteiger partial charge in [0, 0.05) is 43.5 Å². The summed E-state index contributed by atoms with van der Waals surface area (Å²) in [4.78, 5) is 57.0. The number of halogens is 3. The number of fused-ring (bicyclic) bond motifs is 4. The molecule has 0 unspecified atom stereocenters. The topological polar surface area (TPSA) is 122 Å². The molecule has 0 aliphatic carbocycles. The third kappa shape index (κ3) is 6.53. The van der Waals surface area contributed by atoms with Gasteiger partial charge < -0.3 is 29.6 Å². The zero-order valence-electron chi connectivity index (χ0n) is 24.2. The summed E-state index contributed by atoms with van der Waals surface area (Å²) in [6.07, 6.45) is 3.58. The number of amides is 2. The standard InChI is InChI=1S/C29H35F2N5O6.ClH/c1-16(2)9-22(32-3)29(40)42-15-41-26-24-28(39)36-12-19-5-4-8-35(19)23(36)14-34(24)13-20(25(26)37)27(38)33-11-17-6-7-18(30)10-21(17)31;/h6-7,10,13,16,19,22-23,32H,4-5,8-9,11-12,14-15H2,1-3H3,(H,33,38);1H/t19-,22+,23+;/m1./s1. The molecule has 2 aromatic rings. The van der Waals surface area contributed by atoms with Crippen LogP contribution in [0.1, 0.15) is 59.5 Å². The molecule has 0 radical (unpaired) electrons. The number of aromatic nitrogens is 1. The van der Waals surface area contributed by atoms with Gasteiger partial charge in [0.05, 0.1) is 6.54 Å². The number of carbonyl (C=O) groups is 3. The highest BCUT2D eigenvalue weighted by molar-refractivity contribution is 5.99. The average Bonchev–Trinajstić information content (AvgIpc) is 3.54. The minimum atomic E-state index is -0.867. The van der Waals surface area contributed by atoms with Gasteiger partial charge in [-0.25, -0.2) is 8.78 Å². The number of pyridine rings is 1. The van der Waals surface area contributed by atoms with Crippen molar-refractivity contribution in [3.63, 3.8) is 0 Å². The third-order valence-corrected chi connectivity index (χ3v) is 8.08. The van der Waals surface area contributed by atoms with Gasteiger partial charge >= 0.3 is 5.97 Å². The lowest BCUT2D eigenvalue weighted by Gasteiger charge is -2.36. The zero-order valence-corrected chi connectivity index (χ0v) is 25.0. The summed E-state index contributed by atoms with van der Waals surface area (Å²) in [6, 6.07) is 2.60. The van der Waals surface area contributed by atoms with E-state index in [1.807, 2.05) is 13.8 Å². The first-order valence-corrected chi connectivity index (χ1v) is 14.1. The Morgan fingerprint density at radius 2 is 1.93 bits per heavy atom. The molecule has 2 saturated heterocycles. The second-order valence-corrected chi connectivity index (χ2v) is 11.3. The van der Waals surface area contributed by atoms with E-state index in [0.717, 1.165) is 25.5 Å². The highest BCUT2D eigenvalue weighted by Crippen LogP contribution is 2.35. The van der Waals surface area contributed by atoms with Gasteiger partial charge in [0.15, 0.2) is 5.69 Å². The first kappa shape index (κ1) is 32.4. The van der Waals surface area contributed by atoms with Gasteiger partial charge in [-0.1, -0.05) is 19.9 Å². The van der Waals surface area contributed by atoms with Crippen LogP contribution < -0.4 is 20.8 Å². The maximum absolute atomic E-state index is 14.1. The van der Waals surface area contributed by atoms with Gasteiger partial charge in [0.1, 0.15) is 29.4 Å². The SMILES string of the molecule is CN[C@@H](CC(C)C)C(=O)OCOc1c2n(cc(C(=O)NCc3ccc(F)cc3F)c1=O)C[C@@H]1N(C[C@H]3CCCN31)C2=O.Cl. The van der Waals surface area contributed by atoms with E-state index >= 15 is 0 Å². The number of hydrogen-bond acceptors (Lipinski definition) is 8. The number of rotatable bonds is 10. The van der Waals surface area contributed by atoms with E-state index in [0.29, 0.717) is 25.6 Å². The van der Waals surface area contributed by atoms with Crippen LogP contribution in [0.25, 0.3) is 0 Å². The number of benzene rings is 1. The largest absolute Gasteiger partial charge is 0.451 e. The van der Waals surface area contributed by atoms with Gasteiger partial charge in [-0.05, 0) is 38.3 Å². The number of nitrogens with one attached hydrogen (secondary N) is 2. The smallest absolute Gasteiger partial charge is 0.326 e. The van der Waals surface area contributed by atoms with E-state index in [2.05, 4.69) is 15.5 Å². The molecule has 0 spiro atoms. The Labute approximate surface area is 253 Å². The molecule has 0 saturated carbocycles. The lowest BCUT2D eigenvalue weighted by molar-refractivity contribution is -0.153. The Kier molecular flexibility index (Phi) is 10.1. The summed E-state index contributed by atoms with van der Waals surface area (Å²) in [5.74, 6) is -3.60. The van der Waals surface area contributed by atoms with E-state index in [-0.39, 0.29) is 53.9 Å². The third-order valence-electron chi connectivity index (χ3n) is 8.08. The van der Waals surface area contributed by atoms with Crippen LogP contribution in [-0.2, 0) is 22.6 Å². The Hall–Kier alpha value is -3.55. The van der Waals surface area contributed by atoms with Crippen molar-refractivity contribution in [1.82, 2.24) is 25.0 Å². The first-order valence-electron chi connectivity index (χ1n) is 14.1. The molecule has 3 atom stereocenters. The number of carbonyl (C=O) groups excluding carboxylic acids is 3. The van der Waals surface area contributed by atoms with Crippen LogP contribution in [0.3, 0.4) is 0 Å². The Morgan fingerprint density at radius 1 is 1.16 bits per heavy atom. The number of ether oxygens (including phenoxy) is 2. The molecule has 1 aromatic heterocycles. The van der Waals surface area contributed by atoms with Crippen LogP contribution in [0.4, 0.5) is 8.78 Å². The van der Waals surface area contributed by atoms with Gasteiger partial charge in [-0.15, -0.1) is 12.4 Å². The van der Waals surface area contributed by atoms with E-state index in [4.69, 9.17) is 9.47 Å². The Balaban J connectivity index is 0.00000423. The van der Waals surface area contributed by atoms with Crippen LogP contribution in [-0.4, -0.2) is 77.3 Å². The van der Waals surface area contributed by atoms with Crippen LogP contribution in [0.15, 0.2) is 29.2 Å². The number of likely N-dealkylation sites (N-methyl/N-ethyl adjacent to an activating group) is 1. The van der Waals surface area contributed by atoms with Gasteiger partial charge in [0.2, 0.25) is 18.0 Å². The normalized spacial score (nSPS) is 19.8. The molecule has 2 fully saturated rings. The maximum atomic E-state index is 14.1. The fraction of sp³-hybridized carbons (Fsp3) is 0.517. The van der Waals surface area contributed by atoms with Crippen molar-refractivity contribution < 1.29 is 32.6 Å². The number of esters is 1. The van der Waals surface area contributed by atoms with Crippen LogP contribution in [0.5, 0.6) is 5.75 Å². The number of nitrogens with zero attached hydrogens (tertiary/aromatic N) is 3. The Morgan fingerprint density at radius 3 is 2.63 bits per heavy atom. The minimum Gasteiger partial charge on any atom is -0.451 e. The Bertz CT molecular complexity index is 1450. The monoisotopic (exact) mass is 623 g/mol. The highest BCUT2D eigenvalue weighted by atomic mass is 35.5. The molecule has 5 rings (SSSR count). The van der Waals surface area contributed by atoms with Crippen molar-refractivity contribution >= 4 is 30.2 Å². The summed E-state index contributed by atoms with van der Waals surface area (Å²) < 4.78 is 39.9. The molecular formula is C29H36ClF2N5O6. The van der Waals surface area contributed by atoms with Crippen LogP contribution in [0, 0.1) is 17.6 Å². The minimum absolute atomic E-state index is 0. The molecule has 3 aliphatic heterocycles. The predicted molar refractivity (Wildman–Crippen MR) is 154 cm³/mol. The predicted octanol–water partition coefficient (Wildman–Crippen LogP) is 2.25. The highest BCUT2D eigenvalue weighted by Gasteiger charge is 2.48. The average molecular weight is 624 g/mol. The lowest BCUT2D eigenvalue weighted by atomic mass is 10.0. The molecule has 11 nitrogen and oxygen atoms in total. The van der Waals surface area contributed by atoms with Gasteiger partial charge in [-0.2, -0.15) is 0 Å². The van der Waals surface area contributed by atoms with Crippen molar-refractivity contribution in [2.75, 3.05) is 26.9 Å². The van der Waals surface area contributed by atoms with E-state index in [1.165, 1.54) is 16.8 Å². The fourth-order valence-corrected chi connectivity index (χ4v) is 5.99. The van der Waals surface area contributed by atoms with Gasteiger partial charge in [-0.3, -0.25) is 24.1 Å². The molecule has 2 N–H and O–H groups in total. The molecule has 2 amide bonds. The van der Waals surface area contributed by atoms with Crippen LogP contribution >= 0.6 is 12.4 Å².